The predicted molar refractivity (Wildman–Crippen MR) is 72.8 cm³/mol. The lowest BCUT2D eigenvalue weighted by Crippen LogP contribution is -2.17. The van der Waals surface area contributed by atoms with Gasteiger partial charge >= 0.3 is 0 Å². The number of furan rings is 1. The van der Waals surface area contributed by atoms with E-state index in [0.29, 0.717) is 6.04 Å². The van der Waals surface area contributed by atoms with Crippen molar-refractivity contribution in [2.75, 3.05) is 0 Å². The number of benzene rings is 1. The van der Waals surface area contributed by atoms with Crippen LogP contribution >= 0.6 is 15.9 Å². The van der Waals surface area contributed by atoms with Gasteiger partial charge in [0.05, 0.1) is 6.54 Å². The zero-order valence-electron chi connectivity index (χ0n) is 10.0. The van der Waals surface area contributed by atoms with E-state index >= 15 is 0 Å². The van der Waals surface area contributed by atoms with Crippen LogP contribution in [-0.2, 0) is 6.54 Å². The van der Waals surface area contributed by atoms with Crippen molar-refractivity contribution >= 4 is 15.9 Å². The molecule has 0 aliphatic carbocycles. The van der Waals surface area contributed by atoms with Crippen molar-refractivity contribution in [3.8, 4) is 0 Å². The Labute approximate surface area is 110 Å². The van der Waals surface area contributed by atoms with E-state index < -0.39 is 0 Å². The van der Waals surface area contributed by atoms with Crippen LogP contribution in [-0.4, -0.2) is 0 Å². The molecule has 0 bridgehead atoms. The Kier molecular flexibility index (Phi) is 4.02. The van der Waals surface area contributed by atoms with E-state index in [4.69, 9.17) is 4.42 Å². The van der Waals surface area contributed by atoms with Crippen molar-refractivity contribution in [1.82, 2.24) is 5.32 Å². The Hall–Kier alpha value is -1.06. The van der Waals surface area contributed by atoms with E-state index in [0.717, 1.165) is 17.0 Å². The highest BCUT2D eigenvalue weighted by Gasteiger charge is 2.06. The minimum Gasteiger partial charge on any atom is -0.453 e. The van der Waals surface area contributed by atoms with Gasteiger partial charge in [-0.25, -0.2) is 0 Å². The van der Waals surface area contributed by atoms with Crippen LogP contribution in [0.25, 0.3) is 0 Å². The van der Waals surface area contributed by atoms with Gasteiger partial charge < -0.3 is 9.73 Å². The van der Waals surface area contributed by atoms with Crippen LogP contribution in [0.4, 0.5) is 0 Å². The van der Waals surface area contributed by atoms with Gasteiger partial charge in [-0.15, -0.1) is 0 Å². The molecule has 0 unspecified atom stereocenters. The molecular weight excluding hydrogens is 278 g/mol. The number of rotatable bonds is 4. The van der Waals surface area contributed by atoms with Gasteiger partial charge in [0, 0.05) is 6.04 Å². The summed E-state index contributed by atoms with van der Waals surface area (Å²) in [6.45, 7) is 4.99. The van der Waals surface area contributed by atoms with Crippen molar-refractivity contribution in [1.29, 1.82) is 0 Å². The number of nitrogens with one attached hydrogen (secondary N) is 1. The molecule has 1 aromatic heterocycles. The standard InChI is InChI=1S/C14H16BrNO/c1-10-3-5-12(6-4-10)11(2)16-9-13-7-8-14(15)17-13/h3-8,11,16H,9H2,1-2H3/t11-/m0/s1. The molecule has 3 heteroatoms. The quantitative estimate of drug-likeness (QED) is 0.914. The molecule has 1 heterocycles. The minimum atomic E-state index is 0.319. The molecule has 1 N–H and O–H groups in total. The van der Waals surface area contributed by atoms with Gasteiger partial charge in [-0.1, -0.05) is 29.8 Å². The molecule has 1 aromatic carbocycles. The Morgan fingerprint density at radius 2 is 1.88 bits per heavy atom. The lowest BCUT2D eigenvalue weighted by molar-refractivity contribution is 0.447. The fraction of sp³-hybridized carbons (Fsp3) is 0.286. The number of hydrogen-bond donors (Lipinski definition) is 1. The molecule has 0 fully saturated rings. The first kappa shape index (κ1) is 12.4. The zero-order chi connectivity index (χ0) is 12.3. The molecule has 17 heavy (non-hydrogen) atoms. The van der Waals surface area contributed by atoms with Crippen LogP contribution in [0.3, 0.4) is 0 Å². The Bertz CT molecular complexity index is 475. The lowest BCUT2D eigenvalue weighted by Gasteiger charge is -2.13. The average molecular weight is 294 g/mol. The summed E-state index contributed by atoms with van der Waals surface area (Å²) in [5, 5.41) is 3.43. The van der Waals surface area contributed by atoms with Crippen molar-refractivity contribution in [3.05, 3.63) is 58.0 Å². The second kappa shape index (κ2) is 5.52. The highest BCUT2D eigenvalue weighted by Crippen LogP contribution is 2.16. The molecule has 90 valence electrons. The zero-order valence-corrected chi connectivity index (χ0v) is 11.6. The second-order valence-corrected chi connectivity index (χ2v) is 5.00. The Morgan fingerprint density at radius 1 is 1.18 bits per heavy atom. The lowest BCUT2D eigenvalue weighted by atomic mass is 10.1. The third-order valence-corrected chi connectivity index (χ3v) is 3.21. The van der Waals surface area contributed by atoms with Crippen LogP contribution < -0.4 is 5.32 Å². The van der Waals surface area contributed by atoms with Crippen LogP contribution in [0.1, 0.15) is 29.9 Å². The van der Waals surface area contributed by atoms with E-state index in [-0.39, 0.29) is 0 Å². The maximum Gasteiger partial charge on any atom is 0.169 e. The molecule has 0 aliphatic rings. The molecule has 0 amide bonds. The monoisotopic (exact) mass is 293 g/mol. The van der Waals surface area contributed by atoms with Crippen molar-refractivity contribution in [2.24, 2.45) is 0 Å². The minimum absolute atomic E-state index is 0.319. The SMILES string of the molecule is Cc1ccc([C@H](C)NCc2ccc(Br)o2)cc1. The van der Waals surface area contributed by atoms with Gasteiger partial charge in [-0.2, -0.15) is 0 Å². The smallest absolute Gasteiger partial charge is 0.169 e. The largest absolute Gasteiger partial charge is 0.453 e. The fourth-order valence-corrected chi connectivity index (χ4v) is 2.01. The molecule has 2 aromatic rings. The number of hydrogen-bond acceptors (Lipinski definition) is 2. The fourth-order valence-electron chi connectivity index (χ4n) is 1.67. The molecule has 1 atom stereocenters. The molecule has 0 radical (unpaired) electrons. The van der Waals surface area contributed by atoms with Crippen LogP contribution in [0.15, 0.2) is 45.5 Å². The third kappa shape index (κ3) is 3.45. The summed E-state index contributed by atoms with van der Waals surface area (Å²) < 4.78 is 6.22. The van der Waals surface area contributed by atoms with E-state index in [9.17, 15) is 0 Å². The molecule has 2 nitrogen and oxygen atoms in total. The maximum absolute atomic E-state index is 5.44. The van der Waals surface area contributed by atoms with Crippen LogP contribution in [0, 0.1) is 6.92 Å². The predicted octanol–water partition coefficient (Wildman–Crippen LogP) is 4.20. The van der Waals surface area contributed by atoms with Crippen molar-refractivity contribution in [2.45, 2.75) is 26.4 Å². The molecule has 0 aliphatic heterocycles. The van der Waals surface area contributed by atoms with Gasteiger partial charge in [0.2, 0.25) is 0 Å². The van der Waals surface area contributed by atoms with Crippen molar-refractivity contribution in [3.63, 3.8) is 0 Å². The first-order chi connectivity index (χ1) is 8.15. The van der Waals surface area contributed by atoms with Gasteiger partial charge in [-0.05, 0) is 47.5 Å². The Morgan fingerprint density at radius 3 is 2.47 bits per heavy atom. The summed E-state index contributed by atoms with van der Waals surface area (Å²) in [5.74, 6) is 0.941. The van der Waals surface area contributed by atoms with Gasteiger partial charge in [0.15, 0.2) is 4.67 Å². The van der Waals surface area contributed by atoms with Gasteiger partial charge in [0.1, 0.15) is 5.76 Å². The topological polar surface area (TPSA) is 25.2 Å². The third-order valence-electron chi connectivity index (χ3n) is 2.79. The summed E-state index contributed by atoms with van der Waals surface area (Å²) in [4.78, 5) is 0. The molecule has 0 spiro atoms. The summed E-state index contributed by atoms with van der Waals surface area (Å²) in [5.41, 5.74) is 2.58. The summed E-state index contributed by atoms with van der Waals surface area (Å²) in [7, 11) is 0. The average Bonchev–Trinajstić information content (AvgIpc) is 2.73. The van der Waals surface area contributed by atoms with E-state index in [1.807, 2.05) is 12.1 Å². The van der Waals surface area contributed by atoms with Crippen LogP contribution in [0.5, 0.6) is 0 Å². The van der Waals surface area contributed by atoms with E-state index in [1.54, 1.807) is 0 Å². The highest BCUT2D eigenvalue weighted by atomic mass is 79.9. The second-order valence-electron chi connectivity index (χ2n) is 4.22. The van der Waals surface area contributed by atoms with E-state index in [1.165, 1.54) is 11.1 Å². The first-order valence-corrected chi connectivity index (χ1v) is 6.48. The first-order valence-electron chi connectivity index (χ1n) is 5.69. The molecule has 2 rings (SSSR count). The number of aryl methyl sites for hydroxylation is 1. The maximum atomic E-state index is 5.44. The van der Waals surface area contributed by atoms with Crippen LogP contribution in [0.2, 0.25) is 0 Å². The Balaban J connectivity index is 1.93. The highest BCUT2D eigenvalue weighted by molar-refractivity contribution is 9.10. The summed E-state index contributed by atoms with van der Waals surface area (Å²) in [6, 6.07) is 12.8. The van der Waals surface area contributed by atoms with Gasteiger partial charge in [0.25, 0.3) is 0 Å². The van der Waals surface area contributed by atoms with E-state index in [2.05, 4.69) is 59.4 Å². The van der Waals surface area contributed by atoms with Crippen molar-refractivity contribution < 1.29 is 4.42 Å². The number of halogens is 1. The normalized spacial score (nSPS) is 12.6. The molecule has 0 saturated carbocycles. The summed E-state index contributed by atoms with van der Waals surface area (Å²) >= 11 is 3.30. The molecule has 0 saturated heterocycles. The summed E-state index contributed by atoms with van der Waals surface area (Å²) in [6.07, 6.45) is 0. The van der Waals surface area contributed by atoms with Gasteiger partial charge in [-0.3, -0.25) is 0 Å². The molecular formula is C14H16BrNO.